The minimum atomic E-state index is -4.38. The van der Waals surface area contributed by atoms with Gasteiger partial charge >= 0.3 is 12.2 Å². The topological polar surface area (TPSA) is 85.0 Å². The molecule has 1 fully saturated rings. The highest BCUT2D eigenvalue weighted by Crippen LogP contribution is 2.32. The monoisotopic (exact) mass is 386 g/mol. The lowest BCUT2D eigenvalue weighted by Gasteiger charge is -2.15. The van der Waals surface area contributed by atoms with Crippen molar-refractivity contribution < 1.29 is 32.6 Å². The van der Waals surface area contributed by atoms with Crippen LogP contribution >= 0.6 is 0 Å². The summed E-state index contributed by atoms with van der Waals surface area (Å²) in [4.78, 5) is 10.6. The summed E-state index contributed by atoms with van der Waals surface area (Å²) >= 11 is 0. The predicted molar refractivity (Wildman–Crippen MR) is 90.0 cm³/mol. The van der Waals surface area contributed by atoms with Crippen molar-refractivity contribution in [2.24, 2.45) is 5.73 Å². The second-order valence-corrected chi connectivity index (χ2v) is 6.15. The average Bonchev–Trinajstić information content (AvgIpc) is 3.04. The number of rotatable bonds is 5. The molecule has 0 aromatic heterocycles. The second kappa shape index (κ2) is 8.97. The number of benzene rings is 1. The molecular formula is C18H21F3N2O4. The fourth-order valence-corrected chi connectivity index (χ4v) is 2.56. The van der Waals surface area contributed by atoms with Crippen LogP contribution < -0.4 is 10.5 Å². The number of alkyl halides is 3. The Hall–Kier alpha value is -2.44. The summed E-state index contributed by atoms with van der Waals surface area (Å²) in [5, 5.41) is 9.49. The van der Waals surface area contributed by atoms with Gasteiger partial charge in [0.25, 0.3) is 0 Å². The highest BCUT2D eigenvalue weighted by molar-refractivity contribution is 5.70. The quantitative estimate of drug-likeness (QED) is 0.463. The Morgan fingerprint density at radius 2 is 2.19 bits per heavy atom. The number of aryl methyl sites for hydroxylation is 1. The Balaban J connectivity index is 1.78. The summed E-state index contributed by atoms with van der Waals surface area (Å²) in [7, 11) is 0. The van der Waals surface area contributed by atoms with Crippen LogP contribution in [0, 0.1) is 18.8 Å². The number of hydroxylamine groups is 2. The van der Waals surface area contributed by atoms with Crippen LogP contribution in [0.5, 0.6) is 5.75 Å². The Bertz CT molecular complexity index is 728. The van der Waals surface area contributed by atoms with Crippen LogP contribution in [0.2, 0.25) is 0 Å². The highest BCUT2D eigenvalue weighted by Gasteiger charge is 2.31. The van der Waals surface area contributed by atoms with Gasteiger partial charge in [0.05, 0.1) is 18.2 Å². The molecular weight excluding hydrogens is 365 g/mol. The molecule has 0 saturated carbocycles. The molecule has 6 nitrogen and oxygen atoms in total. The van der Waals surface area contributed by atoms with E-state index in [2.05, 4.69) is 11.8 Å². The maximum atomic E-state index is 12.7. The third kappa shape index (κ3) is 6.34. The van der Waals surface area contributed by atoms with Crippen LogP contribution in [0.1, 0.15) is 30.4 Å². The van der Waals surface area contributed by atoms with Gasteiger partial charge in [0.1, 0.15) is 18.5 Å². The van der Waals surface area contributed by atoms with Gasteiger partial charge in [0.15, 0.2) is 0 Å². The lowest BCUT2D eigenvalue weighted by Crippen LogP contribution is -2.33. The maximum Gasteiger partial charge on any atom is 0.416 e. The minimum absolute atomic E-state index is 0.00872. The number of hydrogen-bond donors (Lipinski definition) is 2. The molecule has 0 aliphatic carbocycles. The van der Waals surface area contributed by atoms with Crippen molar-refractivity contribution >= 4 is 6.03 Å². The average molecular weight is 386 g/mol. The molecule has 0 bridgehead atoms. The van der Waals surface area contributed by atoms with Gasteiger partial charge in [-0.25, -0.2) is 9.86 Å². The van der Waals surface area contributed by atoms with E-state index < -0.39 is 17.8 Å². The molecule has 148 valence electrons. The fraction of sp³-hybridized carbons (Fsp3) is 0.500. The first-order chi connectivity index (χ1) is 12.7. The van der Waals surface area contributed by atoms with E-state index in [0.717, 1.165) is 12.1 Å². The van der Waals surface area contributed by atoms with Gasteiger partial charge in [-0.1, -0.05) is 11.8 Å². The number of nitrogens with zero attached hydrogens (tertiary/aromatic N) is 1. The van der Waals surface area contributed by atoms with Gasteiger partial charge in [-0.15, -0.1) is 0 Å². The first kappa shape index (κ1) is 20.9. The molecule has 2 rings (SSSR count). The first-order valence-corrected chi connectivity index (χ1v) is 8.37. The number of halogens is 3. The van der Waals surface area contributed by atoms with E-state index in [-0.39, 0.29) is 31.8 Å². The van der Waals surface area contributed by atoms with Crippen molar-refractivity contribution in [3.8, 4) is 17.6 Å². The van der Waals surface area contributed by atoms with Crippen LogP contribution in [0.4, 0.5) is 18.0 Å². The third-order valence-corrected chi connectivity index (χ3v) is 4.00. The van der Waals surface area contributed by atoms with Gasteiger partial charge in [-0.2, -0.15) is 13.2 Å². The SMILES string of the molecule is Cc1cc(C(F)(F)F)ccc1OC[C@@H]1CC[C@@H](C#CCCN(O)C(N)=O)O1. The number of amides is 2. The maximum absolute atomic E-state index is 12.7. The van der Waals surface area contributed by atoms with Crippen molar-refractivity contribution in [3.05, 3.63) is 29.3 Å². The predicted octanol–water partition coefficient (Wildman–Crippen LogP) is 3.10. The van der Waals surface area contributed by atoms with E-state index in [9.17, 15) is 18.0 Å². The molecule has 9 heteroatoms. The second-order valence-electron chi connectivity index (χ2n) is 6.15. The molecule has 3 N–H and O–H groups in total. The molecule has 1 aliphatic rings. The molecule has 0 unspecified atom stereocenters. The molecule has 2 amide bonds. The highest BCUT2D eigenvalue weighted by atomic mass is 19.4. The van der Waals surface area contributed by atoms with Crippen molar-refractivity contribution in [2.75, 3.05) is 13.2 Å². The molecule has 0 spiro atoms. The van der Waals surface area contributed by atoms with E-state index >= 15 is 0 Å². The summed E-state index contributed by atoms with van der Waals surface area (Å²) in [5.41, 5.74) is 4.57. The molecule has 1 aliphatic heterocycles. The smallest absolute Gasteiger partial charge is 0.416 e. The van der Waals surface area contributed by atoms with E-state index in [1.165, 1.54) is 6.07 Å². The Labute approximate surface area is 155 Å². The fourth-order valence-electron chi connectivity index (χ4n) is 2.56. The molecule has 27 heavy (non-hydrogen) atoms. The number of carbonyl (C=O) groups excluding carboxylic acids is 1. The Morgan fingerprint density at radius 1 is 1.44 bits per heavy atom. The summed E-state index contributed by atoms with van der Waals surface area (Å²) in [6.45, 7) is 1.79. The molecule has 1 aromatic rings. The normalized spacial score (nSPS) is 19.3. The van der Waals surface area contributed by atoms with Crippen LogP contribution in [0.3, 0.4) is 0 Å². The zero-order valence-corrected chi connectivity index (χ0v) is 14.8. The number of urea groups is 1. The number of hydrogen-bond acceptors (Lipinski definition) is 4. The molecule has 0 radical (unpaired) electrons. The standard InChI is InChI=1S/C18H21F3N2O4/c1-12-10-13(18(19,20)21)5-8-16(12)26-11-15-7-6-14(27-15)4-2-3-9-23(25)17(22)24/h5,8,10,14-15,25H,3,6-7,9,11H2,1H3,(H2,22,24)/t14-,15+/m1/s1. The summed E-state index contributed by atoms with van der Waals surface area (Å²) < 4.78 is 49.3. The third-order valence-electron chi connectivity index (χ3n) is 4.00. The van der Waals surface area contributed by atoms with Crippen molar-refractivity contribution in [1.29, 1.82) is 0 Å². The van der Waals surface area contributed by atoms with Gasteiger partial charge in [0, 0.05) is 6.42 Å². The minimum Gasteiger partial charge on any atom is -0.491 e. The Morgan fingerprint density at radius 3 is 2.81 bits per heavy atom. The van der Waals surface area contributed by atoms with Crippen LogP contribution in [0.15, 0.2) is 18.2 Å². The summed E-state index contributed by atoms with van der Waals surface area (Å²) in [6, 6.07) is 2.41. The van der Waals surface area contributed by atoms with Gasteiger partial charge in [0.2, 0.25) is 0 Å². The van der Waals surface area contributed by atoms with E-state index in [1.54, 1.807) is 6.92 Å². The summed E-state index contributed by atoms with van der Waals surface area (Å²) in [5.74, 6) is 6.09. The summed E-state index contributed by atoms with van der Waals surface area (Å²) in [6.07, 6.45) is -3.20. The van der Waals surface area contributed by atoms with Gasteiger partial charge in [-0.3, -0.25) is 5.21 Å². The first-order valence-electron chi connectivity index (χ1n) is 8.37. The molecule has 2 atom stereocenters. The van der Waals surface area contributed by atoms with Gasteiger partial charge in [-0.05, 0) is 43.5 Å². The van der Waals surface area contributed by atoms with E-state index in [1.807, 2.05) is 0 Å². The van der Waals surface area contributed by atoms with Crippen LogP contribution in [-0.2, 0) is 10.9 Å². The van der Waals surface area contributed by atoms with Crippen molar-refractivity contribution in [3.63, 3.8) is 0 Å². The number of primary amides is 1. The van der Waals surface area contributed by atoms with Crippen molar-refractivity contribution in [1.82, 2.24) is 5.06 Å². The number of nitrogens with two attached hydrogens (primary N) is 1. The largest absolute Gasteiger partial charge is 0.491 e. The number of ether oxygens (including phenoxy) is 2. The van der Waals surface area contributed by atoms with Crippen LogP contribution in [0.25, 0.3) is 0 Å². The van der Waals surface area contributed by atoms with Gasteiger partial charge < -0.3 is 15.2 Å². The van der Waals surface area contributed by atoms with E-state index in [4.69, 9.17) is 20.4 Å². The lowest BCUT2D eigenvalue weighted by molar-refractivity contribution is -0.137. The zero-order chi connectivity index (χ0) is 20.0. The van der Waals surface area contributed by atoms with E-state index in [0.29, 0.717) is 29.2 Å². The zero-order valence-electron chi connectivity index (χ0n) is 14.8. The lowest BCUT2D eigenvalue weighted by atomic mass is 10.1. The molecule has 1 aromatic carbocycles. The van der Waals surface area contributed by atoms with Crippen LogP contribution in [-0.4, -0.2) is 41.7 Å². The molecule has 1 saturated heterocycles. The molecule has 1 heterocycles. The number of carbonyl (C=O) groups is 1. The Kier molecular flexibility index (Phi) is 6.93. The van der Waals surface area contributed by atoms with Crippen molar-refractivity contribution in [2.45, 2.75) is 44.6 Å².